The van der Waals surface area contributed by atoms with Gasteiger partial charge < -0.3 is 9.66 Å². The molecular formula is C3H6O3S. The van der Waals surface area contributed by atoms with Crippen LogP contribution in [0.15, 0.2) is 12.3 Å². The SMILES string of the molecule is O=S(O)CC=CO. The average Bonchev–Trinajstić information content (AvgIpc) is 1.61. The smallest absolute Gasteiger partial charge is 0.156 e. The molecule has 1 unspecified atom stereocenters. The molecule has 0 spiro atoms. The summed E-state index contributed by atoms with van der Waals surface area (Å²) in [4.78, 5) is 0. The molecule has 0 aliphatic heterocycles. The molecule has 1 atom stereocenters. The van der Waals surface area contributed by atoms with E-state index in [0.29, 0.717) is 0 Å². The molecule has 0 saturated carbocycles. The van der Waals surface area contributed by atoms with Crippen LogP contribution >= 0.6 is 0 Å². The first-order valence-electron chi connectivity index (χ1n) is 1.64. The maximum atomic E-state index is 9.71. The lowest BCUT2D eigenvalue weighted by atomic mass is 10.7. The second-order valence-corrected chi connectivity index (χ2v) is 1.85. The molecule has 0 aromatic carbocycles. The monoisotopic (exact) mass is 122 g/mol. The van der Waals surface area contributed by atoms with E-state index in [1.54, 1.807) is 0 Å². The van der Waals surface area contributed by atoms with E-state index >= 15 is 0 Å². The molecule has 3 nitrogen and oxygen atoms in total. The highest BCUT2D eigenvalue weighted by molar-refractivity contribution is 7.79. The van der Waals surface area contributed by atoms with Gasteiger partial charge >= 0.3 is 0 Å². The van der Waals surface area contributed by atoms with Crippen molar-refractivity contribution in [2.45, 2.75) is 0 Å². The summed E-state index contributed by atoms with van der Waals surface area (Å²) in [5.74, 6) is -0.00347. The van der Waals surface area contributed by atoms with Crippen LogP contribution in [-0.2, 0) is 11.1 Å². The summed E-state index contributed by atoms with van der Waals surface area (Å²) in [7, 11) is 0. The minimum atomic E-state index is -1.81. The molecule has 2 N–H and O–H groups in total. The van der Waals surface area contributed by atoms with Crippen molar-refractivity contribution in [3.05, 3.63) is 12.3 Å². The van der Waals surface area contributed by atoms with Gasteiger partial charge in [0.15, 0.2) is 11.1 Å². The summed E-state index contributed by atoms with van der Waals surface area (Å²) in [6.45, 7) is 0. The highest BCUT2D eigenvalue weighted by atomic mass is 32.2. The number of rotatable bonds is 2. The Morgan fingerprint density at radius 2 is 2.29 bits per heavy atom. The molecule has 0 bridgehead atoms. The molecule has 0 heterocycles. The van der Waals surface area contributed by atoms with Gasteiger partial charge in [0.25, 0.3) is 0 Å². The first-order valence-corrected chi connectivity index (χ1v) is 2.91. The molecule has 0 radical (unpaired) electrons. The Morgan fingerprint density at radius 3 is 2.43 bits per heavy atom. The average molecular weight is 122 g/mol. The largest absolute Gasteiger partial charge is 0.516 e. The van der Waals surface area contributed by atoms with Gasteiger partial charge in [-0.25, -0.2) is 4.21 Å². The van der Waals surface area contributed by atoms with Gasteiger partial charge in [-0.3, -0.25) is 0 Å². The van der Waals surface area contributed by atoms with Crippen molar-refractivity contribution in [3.8, 4) is 0 Å². The van der Waals surface area contributed by atoms with Crippen LogP contribution in [0.5, 0.6) is 0 Å². The zero-order valence-electron chi connectivity index (χ0n) is 3.57. The van der Waals surface area contributed by atoms with Crippen LogP contribution in [-0.4, -0.2) is 19.6 Å². The Kier molecular flexibility index (Phi) is 3.64. The lowest BCUT2D eigenvalue weighted by molar-refractivity contribution is 0.472. The van der Waals surface area contributed by atoms with Crippen LogP contribution in [0.1, 0.15) is 0 Å². The van der Waals surface area contributed by atoms with Crippen LogP contribution in [0.3, 0.4) is 0 Å². The minimum absolute atomic E-state index is 0.00347. The van der Waals surface area contributed by atoms with Crippen LogP contribution in [0.4, 0.5) is 0 Å². The molecule has 0 aromatic rings. The maximum absolute atomic E-state index is 9.71. The van der Waals surface area contributed by atoms with Gasteiger partial charge in [0.1, 0.15) is 0 Å². The quantitative estimate of drug-likeness (QED) is 0.408. The molecule has 0 aromatic heterocycles. The summed E-state index contributed by atoms with van der Waals surface area (Å²) in [6, 6.07) is 0. The summed E-state index contributed by atoms with van der Waals surface area (Å²) >= 11 is -1.81. The predicted octanol–water partition coefficient (Wildman–Crippen LogP) is 0.280. The van der Waals surface area contributed by atoms with Gasteiger partial charge in [-0.05, 0) is 6.08 Å². The van der Waals surface area contributed by atoms with Gasteiger partial charge in [0.2, 0.25) is 0 Å². The molecule has 0 rings (SSSR count). The van der Waals surface area contributed by atoms with E-state index in [-0.39, 0.29) is 5.75 Å². The van der Waals surface area contributed by atoms with E-state index in [2.05, 4.69) is 0 Å². The van der Waals surface area contributed by atoms with E-state index in [1.165, 1.54) is 6.08 Å². The molecule has 0 aliphatic carbocycles. The van der Waals surface area contributed by atoms with Crippen molar-refractivity contribution in [1.82, 2.24) is 0 Å². The molecule has 7 heavy (non-hydrogen) atoms. The zero-order valence-corrected chi connectivity index (χ0v) is 4.39. The van der Waals surface area contributed by atoms with E-state index in [4.69, 9.17) is 9.66 Å². The maximum Gasteiger partial charge on any atom is 0.156 e. The van der Waals surface area contributed by atoms with Crippen molar-refractivity contribution in [2.75, 3.05) is 5.75 Å². The Balaban J connectivity index is 3.14. The Hall–Kier alpha value is -0.350. The molecular weight excluding hydrogens is 116 g/mol. The third-order valence-corrected chi connectivity index (χ3v) is 0.822. The fraction of sp³-hybridized carbons (Fsp3) is 0.333. The molecule has 4 heteroatoms. The normalized spacial score (nSPS) is 15.0. The Bertz CT molecular complexity index is 88.2. The van der Waals surface area contributed by atoms with Gasteiger partial charge in [-0.2, -0.15) is 0 Å². The van der Waals surface area contributed by atoms with Crippen LogP contribution in [0.25, 0.3) is 0 Å². The molecule has 0 saturated heterocycles. The number of hydrogen-bond donors (Lipinski definition) is 2. The summed E-state index contributed by atoms with van der Waals surface area (Å²) in [5, 5.41) is 7.89. The third-order valence-electron chi connectivity index (χ3n) is 0.344. The molecule has 0 fully saturated rings. The van der Waals surface area contributed by atoms with E-state index in [9.17, 15) is 4.21 Å². The van der Waals surface area contributed by atoms with Crippen LogP contribution < -0.4 is 0 Å². The fourth-order valence-electron chi connectivity index (χ4n) is 0.125. The van der Waals surface area contributed by atoms with Crippen molar-refractivity contribution >= 4 is 11.1 Å². The summed E-state index contributed by atoms with van der Waals surface area (Å²) in [6.07, 6.45) is 1.95. The lowest BCUT2D eigenvalue weighted by Crippen LogP contribution is -1.88. The topological polar surface area (TPSA) is 57.5 Å². The van der Waals surface area contributed by atoms with Crippen molar-refractivity contribution in [3.63, 3.8) is 0 Å². The van der Waals surface area contributed by atoms with Crippen LogP contribution in [0, 0.1) is 0 Å². The summed E-state index contributed by atoms with van der Waals surface area (Å²) in [5.41, 5.74) is 0. The highest BCUT2D eigenvalue weighted by Gasteiger charge is 1.82. The predicted molar refractivity (Wildman–Crippen MR) is 27.4 cm³/mol. The van der Waals surface area contributed by atoms with Crippen LogP contribution in [0.2, 0.25) is 0 Å². The van der Waals surface area contributed by atoms with Gasteiger partial charge in [0, 0.05) is 0 Å². The number of aliphatic hydroxyl groups excluding tert-OH is 1. The molecule has 42 valence electrons. The van der Waals surface area contributed by atoms with Crippen molar-refractivity contribution in [2.24, 2.45) is 0 Å². The lowest BCUT2D eigenvalue weighted by Gasteiger charge is -1.78. The second-order valence-electron chi connectivity index (χ2n) is 0.873. The molecule has 0 aliphatic rings. The van der Waals surface area contributed by atoms with Gasteiger partial charge in [-0.1, -0.05) is 0 Å². The Labute approximate surface area is 44.0 Å². The second kappa shape index (κ2) is 3.83. The fourth-order valence-corrected chi connectivity index (χ4v) is 0.376. The highest BCUT2D eigenvalue weighted by Crippen LogP contribution is 1.73. The van der Waals surface area contributed by atoms with E-state index in [0.717, 1.165) is 6.26 Å². The first-order chi connectivity index (χ1) is 3.27. The van der Waals surface area contributed by atoms with Gasteiger partial charge in [0.05, 0.1) is 12.0 Å². The Morgan fingerprint density at radius 1 is 1.71 bits per heavy atom. The summed E-state index contributed by atoms with van der Waals surface area (Å²) < 4.78 is 17.7. The van der Waals surface area contributed by atoms with Crippen molar-refractivity contribution < 1.29 is 13.9 Å². The number of aliphatic hydroxyl groups is 1. The van der Waals surface area contributed by atoms with Gasteiger partial charge in [-0.15, -0.1) is 0 Å². The van der Waals surface area contributed by atoms with Crippen molar-refractivity contribution in [1.29, 1.82) is 0 Å². The third kappa shape index (κ3) is 5.65. The zero-order chi connectivity index (χ0) is 5.70. The first kappa shape index (κ1) is 6.65. The minimum Gasteiger partial charge on any atom is -0.516 e. The standard InChI is InChI=1S/C3H6O3S/c4-2-1-3-7(5)6/h1-2,4H,3H2,(H,5,6). The van der Waals surface area contributed by atoms with E-state index in [1.807, 2.05) is 0 Å². The molecule has 0 amide bonds. The van der Waals surface area contributed by atoms with E-state index < -0.39 is 11.1 Å². The number of hydrogen-bond acceptors (Lipinski definition) is 2.